The van der Waals surface area contributed by atoms with Crippen molar-refractivity contribution in [3.05, 3.63) is 29.8 Å². The van der Waals surface area contributed by atoms with Crippen LogP contribution in [0.1, 0.15) is 65.4 Å². The van der Waals surface area contributed by atoms with E-state index < -0.39 is 5.60 Å². The van der Waals surface area contributed by atoms with Crippen LogP contribution in [0.3, 0.4) is 0 Å². The first-order chi connectivity index (χ1) is 10.7. The minimum atomic E-state index is -0.601. The van der Waals surface area contributed by atoms with Crippen molar-refractivity contribution >= 4 is 0 Å². The van der Waals surface area contributed by atoms with Crippen LogP contribution in [0.25, 0.3) is 0 Å². The summed E-state index contributed by atoms with van der Waals surface area (Å²) in [6, 6.07) is 7.54. The second-order valence-electron chi connectivity index (χ2n) is 9.22. The Morgan fingerprint density at radius 2 is 1.65 bits per heavy atom. The van der Waals surface area contributed by atoms with Gasteiger partial charge in [-0.15, -0.1) is 0 Å². The molecule has 2 saturated carbocycles. The van der Waals surface area contributed by atoms with E-state index in [-0.39, 0.29) is 11.3 Å². The third-order valence-electron chi connectivity index (χ3n) is 7.14. The smallest absolute Gasteiger partial charge is 0.115 e. The van der Waals surface area contributed by atoms with Crippen molar-refractivity contribution < 1.29 is 10.2 Å². The average molecular weight is 316 g/mol. The minimum Gasteiger partial charge on any atom is -0.508 e. The zero-order chi connectivity index (χ0) is 16.9. The Hall–Kier alpha value is -1.02. The first-order valence-electron chi connectivity index (χ1n) is 9.15. The lowest BCUT2D eigenvalue weighted by Crippen LogP contribution is -2.58. The maximum Gasteiger partial charge on any atom is 0.115 e. The second kappa shape index (κ2) is 5.51. The highest BCUT2D eigenvalue weighted by Crippen LogP contribution is 2.62. The van der Waals surface area contributed by atoms with Gasteiger partial charge in [0.25, 0.3) is 0 Å². The van der Waals surface area contributed by atoms with Crippen LogP contribution >= 0.6 is 0 Å². The van der Waals surface area contributed by atoms with Crippen molar-refractivity contribution in [1.29, 1.82) is 0 Å². The van der Waals surface area contributed by atoms with Gasteiger partial charge in [-0.2, -0.15) is 0 Å². The number of aliphatic hydroxyl groups is 1. The molecule has 0 saturated heterocycles. The summed E-state index contributed by atoms with van der Waals surface area (Å²) in [5, 5.41) is 20.7. The lowest BCUT2D eigenvalue weighted by molar-refractivity contribution is -0.166. The van der Waals surface area contributed by atoms with Gasteiger partial charge in [-0.3, -0.25) is 0 Å². The third-order valence-corrected chi connectivity index (χ3v) is 7.14. The lowest BCUT2D eigenvalue weighted by Gasteiger charge is -2.61. The molecular formula is C21H32O2. The molecule has 2 fully saturated rings. The van der Waals surface area contributed by atoms with Gasteiger partial charge in [-0.1, -0.05) is 39.3 Å². The molecule has 0 unspecified atom stereocenters. The molecule has 2 heteroatoms. The van der Waals surface area contributed by atoms with Crippen LogP contribution in [0.5, 0.6) is 5.75 Å². The number of hydrogen-bond donors (Lipinski definition) is 2. The largest absolute Gasteiger partial charge is 0.508 e. The summed E-state index contributed by atoms with van der Waals surface area (Å²) in [7, 11) is 0. The van der Waals surface area contributed by atoms with E-state index in [0.29, 0.717) is 17.1 Å². The predicted molar refractivity (Wildman–Crippen MR) is 94.4 cm³/mol. The molecule has 0 aliphatic heterocycles. The number of aromatic hydroxyl groups is 1. The van der Waals surface area contributed by atoms with Crippen molar-refractivity contribution in [2.24, 2.45) is 22.7 Å². The molecule has 2 aliphatic rings. The van der Waals surface area contributed by atoms with E-state index >= 15 is 0 Å². The van der Waals surface area contributed by atoms with Crippen LogP contribution in [0, 0.1) is 22.7 Å². The highest BCUT2D eigenvalue weighted by Gasteiger charge is 2.57. The highest BCUT2D eigenvalue weighted by molar-refractivity contribution is 5.27. The monoisotopic (exact) mass is 316 g/mol. The number of phenolic OH excluding ortho intramolecular Hbond substituents is 1. The molecule has 3 rings (SSSR count). The van der Waals surface area contributed by atoms with E-state index in [1.165, 1.54) is 24.8 Å². The fourth-order valence-corrected chi connectivity index (χ4v) is 5.95. The summed E-state index contributed by atoms with van der Waals surface area (Å²) in [6.07, 6.45) is 6.74. The Bertz CT molecular complexity index is 558. The molecule has 0 radical (unpaired) electrons. The molecule has 1 aromatic rings. The van der Waals surface area contributed by atoms with E-state index in [1.54, 1.807) is 12.1 Å². The van der Waals surface area contributed by atoms with Crippen LogP contribution in [-0.4, -0.2) is 15.8 Å². The van der Waals surface area contributed by atoms with Crippen LogP contribution < -0.4 is 0 Å². The van der Waals surface area contributed by atoms with Crippen molar-refractivity contribution in [2.75, 3.05) is 0 Å². The van der Waals surface area contributed by atoms with Gasteiger partial charge in [0, 0.05) is 0 Å². The number of rotatable bonds is 2. The highest BCUT2D eigenvalue weighted by atomic mass is 16.3. The molecule has 2 aliphatic carbocycles. The van der Waals surface area contributed by atoms with E-state index in [2.05, 4.69) is 20.8 Å². The van der Waals surface area contributed by atoms with Gasteiger partial charge in [0.05, 0.1) is 5.60 Å². The Morgan fingerprint density at radius 1 is 1.00 bits per heavy atom. The summed E-state index contributed by atoms with van der Waals surface area (Å²) >= 11 is 0. The zero-order valence-corrected chi connectivity index (χ0v) is 15.1. The maximum absolute atomic E-state index is 11.2. The number of phenols is 1. The maximum atomic E-state index is 11.2. The van der Waals surface area contributed by atoms with Crippen molar-refractivity contribution in [2.45, 2.75) is 71.8 Å². The summed E-state index contributed by atoms with van der Waals surface area (Å²) in [4.78, 5) is 0. The minimum absolute atomic E-state index is 0.196. The van der Waals surface area contributed by atoms with E-state index in [4.69, 9.17) is 0 Å². The predicted octanol–water partition coefficient (Wildman–Crippen LogP) is 4.93. The summed E-state index contributed by atoms with van der Waals surface area (Å²) in [5.41, 5.74) is 1.19. The molecule has 2 nitrogen and oxygen atoms in total. The number of fused-ring (bicyclic) bond motifs is 1. The van der Waals surface area contributed by atoms with Crippen molar-refractivity contribution in [1.82, 2.24) is 0 Å². The van der Waals surface area contributed by atoms with E-state index in [0.717, 1.165) is 19.3 Å². The fourth-order valence-electron chi connectivity index (χ4n) is 5.95. The molecule has 2 N–H and O–H groups in total. The lowest BCUT2D eigenvalue weighted by atomic mass is 9.45. The van der Waals surface area contributed by atoms with E-state index in [1.807, 2.05) is 19.1 Å². The van der Waals surface area contributed by atoms with Crippen molar-refractivity contribution in [3.63, 3.8) is 0 Å². The standard InChI is InChI=1S/C21H32O2/c1-19(2)11-5-12-20(3)17(19)10-13-21(4,23)18(20)14-15-6-8-16(22)9-7-15/h6-9,17-18,22-23H,5,10-14H2,1-4H3/t17-,18+,20-,21+/m0/s1. The summed E-state index contributed by atoms with van der Waals surface area (Å²) in [5.74, 6) is 1.27. The van der Waals surface area contributed by atoms with Gasteiger partial charge >= 0.3 is 0 Å². The molecule has 0 spiro atoms. The first-order valence-corrected chi connectivity index (χ1v) is 9.15. The average Bonchev–Trinajstić information content (AvgIpc) is 2.44. The Morgan fingerprint density at radius 3 is 2.30 bits per heavy atom. The molecule has 128 valence electrons. The van der Waals surface area contributed by atoms with Crippen molar-refractivity contribution in [3.8, 4) is 5.75 Å². The van der Waals surface area contributed by atoms with Gasteiger partial charge in [0.1, 0.15) is 5.75 Å². The van der Waals surface area contributed by atoms with Crippen LogP contribution in [0.2, 0.25) is 0 Å². The Balaban J connectivity index is 1.95. The third kappa shape index (κ3) is 2.91. The Kier molecular flexibility index (Phi) is 4.03. The van der Waals surface area contributed by atoms with Gasteiger partial charge in [0.2, 0.25) is 0 Å². The van der Waals surface area contributed by atoms with Gasteiger partial charge in [0.15, 0.2) is 0 Å². The van der Waals surface area contributed by atoms with E-state index in [9.17, 15) is 10.2 Å². The molecule has 0 amide bonds. The summed E-state index contributed by atoms with van der Waals surface area (Å²) < 4.78 is 0. The molecule has 4 atom stereocenters. The normalized spacial score (nSPS) is 39.7. The number of hydrogen-bond acceptors (Lipinski definition) is 2. The molecule has 0 bridgehead atoms. The molecule has 0 aromatic heterocycles. The molecule has 1 aromatic carbocycles. The Labute approximate surface area is 140 Å². The van der Waals surface area contributed by atoms with Gasteiger partial charge < -0.3 is 10.2 Å². The number of benzene rings is 1. The molecule has 0 heterocycles. The van der Waals surface area contributed by atoms with Gasteiger partial charge in [-0.05, 0) is 79.4 Å². The van der Waals surface area contributed by atoms with Crippen LogP contribution in [0.4, 0.5) is 0 Å². The zero-order valence-electron chi connectivity index (χ0n) is 15.1. The van der Waals surface area contributed by atoms with Crippen LogP contribution in [0.15, 0.2) is 24.3 Å². The molecular weight excluding hydrogens is 284 g/mol. The summed E-state index contributed by atoms with van der Waals surface area (Å²) in [6.45, 7) is 9.32. The quantitative estimate of drug-likeness (QED) is 0.812. The molecule has 23 heavy (non-hydrogen) atoms. The first kappa shape index (κ1) is 16.8. The van der Waals surface area contributed by atoms with Crippen LogP contribution in [-0.2, 0) is 6.42 Å². The fraction of sp³-hybridized carbons (Fsp3) is 0.714. The second-order valence-corrected chi connectivity index (χ2v) is 9.22. The topological polar surface area (TPSA) is 40.5 Å². The SMILES string of the molecule is CC1(C)CCC[C@]2(C)[C@@H](Cc3ccc(O)cc3)[C@](C)(O)CC[C@@H]12. The van der Waals surface area contributed by atoms with Gasteiger partial charge in [-0.25, -0.2) is 0 Å².